The molecular weight excluding hydrogens is 296 g/mol. The Hall–Kier alpha value is -1.56. The van der Waals surface area contributed by atoms with Crippen LogP contribution in [0, 0.1) is 0 Å². The quantitative estimate of drug-likeness (QED) is 0.506. The Morgan fingerprint density at radius 3 is 2.90 bits per heavy atom. The number of hydrogen-bond donors (Lipinski definition) is 2. The van der Waals surface area contributed by atoms with Gasteiger partial charge in [-0.3, -0.25) is 10.2 Å². The van der Waals surface area contributed by atoms with Gasteiger partial charge in [-0.2, -0.15) is 0 Å². The highest BCUT2D eigenvalue weighted by molar-refractivity contribution is 7.14. The maximum Gasteiger partial charge on any atom is 0.275 e. The lowest BCUT2D eigenvalue weighted by molar-refractivity contribution is 0.0957. The number of hydrogen-bond acceptors (Lipinski definition) is 4. The summed E-state index contributed by atoms with van der Waals surface area (Å²) in [6, 6.07) is 9.18. The number of benzene rings is 1. The van der Waals surface area contributed by atoms with E-state index in [1.165, 1.54) is 11.3 Å². The Morgan fingerprint density at radius 1 is 1.40 bits per heavy atom. The van der Waals surface area contributed by atoms with Crippen LogP contribution in [0.25, 0.3) is 0 Å². The van der Waals surface area contributed by atoms with Gasteiger partial charge < -0.3 is 4.74 Å². The molecule has 0 bridgehead atoms. The topological polar surface area (TPSA) is 64.3 Å². The number of ether oxygens (including phenoxy) is 1. The average molecular weight is 311 g/mol. The minimum Gasteiger partial charge on any atom is -0.488 e. The lowest BCUT2D eigenvalue weighted by Crippen LogP contribution is -2.29. The highest BCUT2D eigenvalue weighted by Crippen LogP contribution is 2.24. The highest BCUT2D eigenvalue weighted by atomic mass is 35.5. The summed E-state index contributed by atoms with van der Waals surface area (Å²) in [6.45, 7) is 2.45. The fraction of sp³-hybridized carbons (Fsp3) is 0.214. The van der Waals surface area contributed by atoms with Gasteiger partial charge in [-0.25, -0.2) is 5.84 Å². The van der Waals surface area contributed by atoms with E-state index in [4.69, 9.17) is 22.2 Å². The molecule has 1 aromatic heterocycles. The zero-order valence-electron chi connectivity index (χ0n) is 11.0. The van der Waals surface area contributed by atoms with Gasteiger partial charge in [-0.1, -0.05) is 18.5 Å². The second kappa shape index (κ2) is 6.74. The third-order valence-electron chi connectivity index (χ3n) is 2.80. The first-order valence-electron chi connectivity index (χ1n) is 6.15. The van der Waals surface area contributed by atoms with Crippen LogP contribution in [0.15, 0.2) is 30.3 Å². The third kappa shape index (κ3) is 3.50. The standard InChI is InChI=1S/C14H15ClN2O2S/c1-2-9-7-10(3-5-12(9)15)19-8-11-4-6-13(20-11)14(18)17-16/h3-7H,2,8,16H2,1H3,(H,17,18). The Labute approximate surface area is 126 Å². The molecule has 4 nitrogen and oxygen atoms in total. The number of hydrazine groups is 1. The lowest BCUT2D eigenvalue weighted by Gasteiger charge is -2.07. The van der Waals surface area contributed by atoms with Gasteiger partial charge in [0, 0.05) is 9.90 Å². The number of aryl methyl sites for hydroxylation is 1. The molecule has 1 amide bonds. The molecule has 0 aliphatic rings. The zero-order valence-corrected chi connectivity index (χ0v) is 12.6. The smallest absolute Gasteiger partial charge is 0.275 e. The van der Waals surface area contributed by atoms with Crippen molar-refractivity contribution in [1.29, 1.82) is 0 Å². The zero-order chi connectivity index (χ0) is 14.5. The molecule has 0 atom stereocenters. The van der Waals surface area contributed by atoms with Crippen LogP contribution in [0.1, 0.15) is 27.0 Å². The molecule has 0 fully saturated rings. The number of carbonyl (C=O) groups is 1. The van der Waals surface area contributed by atoms with Gasteiger partial charge in [0.1, 0.15) is 12.4 Å². The number of nitrogens with two attached hydrogens (primary N) is 1. The van der Waals surface area contributed by atoms with Crippen LogP contribution >= 0.6 is 22.9 Å². The second-order valence-corrected chi connectivity index (χ2v) is 5.71. The number of halogens is 1. The molecule has 3 N–H and O–H groups in total. The molecule has 0 saturated heterocycles. The summed E-state index contributed by atoms with van der Waals surface area (Å²) in [6.07, 6.45) is 0.857. The first-order valence-corrected chi connectivity index (χ1v) is 7.34. The fourth-order valence-corrected chi connectivity index (χ4v) is 2.79. The van der Waals surface area contributed by atoms with Crippen LogP contribution in [0.4, 0.5) is 0 Å². The van der Waals surface area contributed by atoms with E-state index >= 15 is 0 Å². The first kappa shape index (κ1) is 14.8. The van der Waals surface area contributed by atoms with Gasteiger partial charge in [0.2, 0.25) is 0 Å². The van der Waals surface area contributed by atoms with Crippen molar-refractivity contribution in [2.45, 2.75) is 20.0 Å². The van der Waals surface area contributed by atoms with Crippen molar-refractivity contribution in [3.05, 3.63) is 50.7 Å². The van der Waals surface area contributed by atoms with Crippen molar-refractivity contribution in [1.82, 2.24) is 5.43 Å². The normalized spacial score (nSPS) is 10.3. The molecule has 0 spiro atoms. The number of rotatable bonds is 5. The van der Waals surface area contributed by atoms with Gasteiger partial charge in [0.05, 0.1) is 4.88 Å². The van der Waals surface area contributed by atoms with Crippen molar-refractivity contribution < 1.29 is 9.53 Å². The van der Waals surface area contributed by atoms with E-state index in [9.17, 15) is 4.79 Å². The molecule has 0 radical (unpaired) electrons. The van der Waals surface area contributed by atoms with E-state index in [1.807, 2.05) is 31.2 Å². The monoisotopic (exact) mass is 310 g/mol. The number of carbonyl (C=O) groups excluding carboxylic acids is 1. The summed E-state index contributed by atoms with van der Waals surface area (Å²) in [7, 11) is 0. The van der Waals surface area contributed by atoms with Crippen LogP contribution in [0.2, 0.25) is 5.02 Å². The molecule has 106 valence electrons. The Balaban J connectivity index is 2.01. The molecule has 2 aromatic rings. The molecule has 0 aliphatic carbocycles. The molecule has 1 aromatic carbocycles. The van der Waals surface area contributed by atoms with E-state index in [2.05, 4.69) is 5.43 Å². The lowest BCUT2D eigenvalue weighted by atomic mass is 10.1. The summed E-state index contributed by atoms with van der Waals surface area (Å²) in [4.78, 5) is 12.9. The van der Waals surface area contributed by atoms with Crippen molar-refractivity contribution >= 4 is 28.8 Å². The molecular formula is C14H15ClN2O2S. The van der Waals surface area contributed by atoms with E-state index in [-0.39, 0.29) is 5.91 Å². The van der Waals surface area contributed by atoms with Crippen LogP contribution in [0.3, 0.4) is 0 Å². The molecule has 2 rings (SSSR count). The molecule has 1 heterocycles. The van der Waals surface area contributed by atoms with Crippen molar-refractivity contribution in [2.24, 2.45) is 5.84 Å². The number of nitrogens with one attached hydrogen (secondary N) is 1. The molecule has 6 heteroatoms. The van der Waals surface area contributed by atoms with Gasteiger partial charge >= 0.3 is 0 Å². The number of amides is 1. The van der Waals surface area contributed by atoms with Gasteiger partial charge in [-0.15, -0.1) is 11.3 Å². The van der Waals surface area contributed by atoms with Crippen LogP contribution in [-0.2, 0) is 13.0 Å². The van der Waals surface area contributed by atoms with E-state index < -0.39 is 0 Å². The first-order chi connectivity index (χ1) is 9.63. The predicted molar refractivity (Wildman–Crippen MR) is 81.1 cm³/mol. The SMILES string of the molecule is CCc1cc(OCc2ccc(C(=O)NN)s2)ccc1Cl. The largest absolute Gasteiger partial charge is 0.488 e. The van der Waals surface area contributed by atoms with Crippen molar-refractivity contribution in [3.63, 3.8) is 0 Å². The number of thiophene rings is 1. The predicted octanol–water partition coefficient (Wildman–Crippen LogP) is 3.15. The second-order valence-electron chi connectivity index (χ2n) is 4.13. The van der Waals surface area contributed by atoms with E-state index in [0.29, 0.717) is 11.5 Å². The fourth-order valence-electron chi connectivity index (χ4n) is 1.71. The molecule has 20 heavy (non-hydrogen) atoms. The van der Waals surface area contributed by atoms with Crippen LogP contribution < -0.4 is 16.0 Å². The Kier molecular flexibility index (Phi) is 5.00. The van der Waals surface area contributed by atoms with Crippen LogP contribution in [-0.4, -0.2) is 5.91 Å². The van der Waals surface area contributed by atoms with E-state index in [0.717, 1.165) is 27.6 Å². The maximum absolute atomic E-state index is 11.3. The average Bonchev–Trinajstić information content (AvgIpc) is 2.94. The van der Waals surface area contributed by atoms with Crippen molar-refractivity contribution in [3.8, 4) is 5.75 Å². The maximum atomic E-state index is 11.3. The Bertz CT molecular complexity index is 613. The third-order valence-corrected chi connectivity index (χ3v) is 4.22. The summed E-state index contributed by atoms with van der Waals surface area (Å²) in [5.74, 6) is 5.57. The summed E-state index contributed by atoms with van der Waals surface area (Å²) in [5.41, 5.74) is 3.16. The molecule has 0 aliphatic heterocycles. The molecule has 0 saturated carbocycles. The van der Waals surface area contributed by atoms with Gasteiger partial charge in [-0.05, 0) is 42.3 Å². The minimum atomic E-state index is -0.291. The summed E-state index contributed by atoms with van der Waals surface area (Å²) < 4.78 is 5.71. The summed E-state index contributed by atoms with van der Waals surface area (Å²) in [5, 5.41) is 0.748. The Morgan fingerprint density at radius 2 is 2.20 bits per heavy atom. The van der Waals surface area contributed by atoms with Crippen LogP contribution in [0.5, 0.6) is 5.75 Å². The summed E-state index contributed by atoms with van der Waals surface area (Å²) >= 11 is 7.41. The van der Waals surface area contributed by atoms with Gasteiger partial charge in [0.25, 0.3) is 5.91 Å². The minimum absolute atomic E-state index is 0.291. The van der Waals surface area contributed by atoms with Gasteiger partial charge in [0.15, 0.2) is 0 Å². The van der Waals surface area contributed by atoms with Crippen molar-refractivity contribution in [2.75, 3.05) is 0 Å². The molecule has 0 unspecified atom stereocenters. The highest BCUT2D eigenvalue weighted by Gasteiger charge is 2.08. The van der Waals surface area contributed by atoms with E-state index in [1.54, 1.807) is 6.07 Å². The number of nitrogen functional groups attached to an aromatic ring is 1.